The van der Waals surface area contributed by atoms with E-state index in [4.69, 9.17) is 10.5 Å². The van der Waals surface area contributed by atoms with E-state index < -0.39 is 5.91 Å². The van der Waals surface area contributed by atoms with Gasteiger partial charge in [0.1, 0.15) is 18.0 Å². The molecular weight excluding hydrogens is 414 g/mol. The fraction of sp³-hybridized carbons (Fsp3) is 0.300. The van der Waals surface area contributed by atoms with Crippen molar-refractivity contribution in [3.63, 3.8) is 0 Å². The number of carbonyl (C=O) groups is 1. The summed E-state index contributed by atoms with van der Waals surface area (Å²) in [5, 5.41) is 26.8. The van der Waals surface area contributed by atoms with Gasteiger partial charge < -0.3 is 15.6 Å². The second kappa shape index (κ2) is 8.48. The van der Waals surface area contributed by atoms with E-state index in [1.807, 2.05) is 0 Å². The number of nitrogens with one attached hydrogen (secondary N) is 1. The van der Waals surface area contributed by atoms with Crippen molar-refractivity contribution < 1.29 is 14.6 Å². The highest BCUT2D eigenvalue weighted by molar-refractivity contribution is 6.04. The first-order valence-electron chi connectivity index (χ1n) is 9.70. The SMILES string of the molecule is COCC#CCCn1nc(C)c(O)c1-c1n[nH]c(-n2nc(C(N)=O)c3cc(C)ncc32)n1. The molecule has 0 fully saturated rings. The molecule has 0 aliphatic heterocycles. The third kappa shape index (κ3) is 3.77. The summed E-state index contributed by atoms with van der Waals surface area (Å²) in [7, 11) is 1.58. The monoisotopic (exact) mass is 435 g/mol. The van der Waals surface area contributed by atoms with Gasteiger partial charge in [-0.3, -0.25) is 14.5 Å². The molecular formula is C20H21N9O3. The lowest BCUT2D eigenvalue weighted by Crippen LogP contribution is -2.12. The molecule has 0 spiro atoms. The Kier molecular flexibility index (Phi) is 5.57. The predicted octanol–water partition coefficient (Wildman–Crippen LogP) is 0.863. The fourth-order valence-corrected chi connectivity index (χ4v) is 3.24. The van der Waals surface area contributed by atoms with Gasteiger partial charge in [0, 0.05) is 24.6 Å². The van der Waals surface area contributed by atoms with Crippen LogP contribution in [0.3, 0.4) is 0 Å². The molecule has 0 radical (unpaired) electrons. The molecule has 0 bridgehead atoms. The molecule has 0 aliphatic rings. The maximum absolute atomic E-state index is 11.9. The zero-order valence-electron chi connectivity index (χ0n) is 17.7. The van der Waals surface area contributed by atoms with Gasteiger partial charge in [-0.25, -0.2) is 5.10 Å². The number of aromatic nitrogens is 8. The van der Waals surface area contributed by atoms with Crippen LogP contribution in [0.15, 0.2) is 12.3 Å². The lowest BCUT2D eigenvalue weighted by atomic mass is 10.2. The minimum absolute atomic E-state index is 0.0270. The molecule has 4 heterocycles. The van der Waals surface area contributed by atoms with E-state index in [2.05, 4.69) is 42.2 Å². The predicted molar refractivity (Wildman–Crippen MR) is 114 cm³/mol. The summed E-state index contributed by atoms with van der Waals surface area (Å²) >= 11 is 0. The summed E-state index contributed by atoms with van der Waals surface area (Å²) in [6.45, 7) is 4.27. The van der Waals surface area contributed by atoms with Crippen molar-refractivity contribution in [3.05, 3.63) is 29.3 Å². The maximum Gasteiger partial charge on any atom is 0.269 e. The topological polar surface area (TPSA) is 163 Å². The van der Waals surface area contributed by atoms with Gasteiger partial charge in [-0.05, 0) is 19.9 Å². The lowest BCUT2D eigenvalue weighted by Gasteiger charge is -2.02. The fourth-order valence-electron chi connectivity index (χ4n) is 3.24. The average molecular weight is 435 g/mol. The molecule has 4 aromatic rings. The minimum Gasteiger partial charge on any atom is -0.504 e. The van der Waals surface area contributed by atoms with E-state index in [1.165, 1.54) is 4.68 Å². The zero-order chi connectivity index (χ0) is 22.8. The van der Waals surface area contributed by atoms with Crippen LogP contribution in [-0.2, 0) is 11.3 Å². The molecule has 164 valence electrons. The van der Waals surface area contributed by atoms with Crippen LogP contribution in [0.5, 0.6) is 5.75 Å². The first-order valence-corrected chi connectivity index (χ1v) is 9.70. The maximum atomic E-state index is 11.9. The number of rotatable bonds is 6. The summed E-state index contributed by atoms with van der Waals surface area (Å²) in [5.74, 6) is 5.61. The van der Waals surface area contributed by atoms with Gasteiger partial charge in [-0.2, -0.15) is 25.0 Å². The van der Waals surface area contributed by atoms with Gasteiger partial charge in [0.15, 0.2) is 11.4 Å². The summed E-state index contributed by atoms with van der Waals surface area (Å²) < 4.78 is 7.91. The molecule has 0 aliphatic carbocycles. The van der Waals surface area contributed by atoms with E-state index in [9.17, 15) is 9.90 Å². The molecule has 1 amide bonds. The van der Waals surface area contributed by atoms with Gasteiger partial charge in [-0.15, -0.1) is 0 Å². The standard InChI is InChI=1S/C20H21N9O3/c1-11-9-13-14(10-22-11)29(27-15(13)18(21)31)20-23-19(24-25-20)16-17(30)12(2)26-28(16)7-5-4-6-8-32-3/h9-10,30H,5,7-8H2,1-3H3,(H2,21,31)(H,23,24,25). The van der Waals surface area contributed by atoms with Gasteiger partial charge in [0.05, 0.1) is 18.3 Å². The molecule has 0 saturated carbocycles. The lowest BCUT2D eigenvalue weighted by molar-refractivity contribution is 0.0996. The van der Waals surface area contributed by atoms with E-state index >= 15 is 0 Å². The van der Waals surface area contributed by atoms with Crippen molar-refractivity contribution in [2.75, 3.05) is 13.7 Å². The second-order valence-corrected chi connectivity index (χ2v) is 6.99. The van der Waals surface area contributed by atoms with Gasteiger partial charge >= 0.3 is 0 Å². The molecule has 4 rings (SSSR count). The highest BCUT2D eigenvalue weighted by atomic mass is 16.5. The number of aryl methyl sites for hydroxylation is 3. The number of carbonyl (C=O) groups excluding carboxylic acids is 1. The Labute approximate surface area is 182 Å². The number of primary amides is 1. The quantitative estimate of drug-likeness (QED) is 0.376. The number of amides is 1. The Morgan fingerprint density at radius 1 is 1.31 bits per heavy atom. The van der Waals surface area contributed by atoms with Crippen LogP contribution in [0, 0.1) is 25.7 Å². The van der Waals surface area contributed by atoms with Gasteiger partial charge in [0.25, 0.3) is 5.91 Å². The number of fused-ring (bicyclic) bond motifs is 1. The molecule has 12 heteroatoms. The highest BCUT2D eigenvalue weighted by Crippen LogP contribution is 2.30. The highest BCUT2D eigenvalue weighted by Gasteiger charge is 2.23. The number of ether oxygens (including phenoxy) is 1. The molecule has 4 N–H and O–H groups in total. The number of nitrogens with zero attached hydrogens (tertiary/aromatic N) is 7. The Morgan fingerprint density at radius 3 is 2.88 bits per heavy atom. The van der Waals surface area contributed by atoms with Crippen molar-refractivity contribution >= 4 is 16.8 Å². The smallest absolute Gasteiger partial charge is 0.269 e. The van der Waals surface area contributed by atoms with Gasteiger partial charge in [0.2, 0.25) is 11.8 Å². The summed E-state index contributed by atoms with van der Waals surface area (Å²) in [6.07, 6.45) is 2.09. The Hall–Kier alpha value is -4.24. The molecule has 0 saturated heterocycles. The van der Waals surface area contributed by atoms with E-state index in [1.54, 1.807) is 37.9 Å². The van der Waals surface area contributed by atoms with Crippen molar-refractivity contribution in [3.8, 4) is 35.1 Å². The average Bonchev–Trinajstić information content (AvgIpc) is 3.44. The van der Waals surface area contributed by atoms with Crippen LogP contribution in [0.2, 0.25) is 0 Å². The second-order valence-electron chi connectivity index (χ2n) is 6.99. The van der Waals surface area contributed by atoms with E-state index in [0.717, 1.165) is 5.69 Å². The van der Waals surface area contributed by atoms with Crippen molar-refractivity contribution in [2.24, 2.45) is 5.73 Å². The van der Waals surface area contributed by atoms with E-state index in [0.29, 0.717) is 41.9 Å². The number of hydrogen-bond donors (Lipinski definition) is 3. The summed E-state index contributed by atoms with van der Waals surface area (Å²) in [5.41, 5.74) is 7.63. The number of hydrogen-bond acceptors (Lipinski definition) is 8. The summed E-state index contributed by atoms with van der Waals surface area (Å²) in [6, 6.07) is 1.73. The van der Waals surface area contributed by atoms with Crippen molar-refractivity contribution in [2.45, 2.75) is 26.8 Å². The van der Waals surface area contributed by atoms with Crippen LogP contribution in [0.1, 0.15) is 28.3 Å². The Morgan fingerprint density at radius 2 is 2.12 bits per heavy atom. The number of methoxy groups -OCH3 is 1. The Balaban J connectivity index is 1.73. The molecule has 0 aromatic carbocycles. The zero-order valence-corrected chi connectivity index (χ0v) is 17.7. The van der Waals surface area contributed by atoms with Crippen LogP contribution in [0.4, 0.5) is 0 Å². The largest absolute Gasteiger partial charge is 0.504 e. The minimum atomic E-state index is -0.667. The number of nitrogens with two attached hydrogens (primary N) is 1. The summed E-state index contributed by atoms with van der Waals surface area (Å²) in [4.78, 5) is 20.6. The number of pyridine rings is 1. The van der Waals surface area contributed by atoms with Crippen LogP contribution in [-0.4, -0.2) is 64.5 Å². The first-order chi connectivity index (χ1) is 15.4. The number of aromatic amines is 1. The number of aromatic hydroxyl groups is 1. The van der Waals surface area contributed by atoms with Crippen LogP contribution < -0.4 is 5.73 Å². The van der Waals surface area contributed by atoms with Crippen molar-refractivity contribution in [1.82, 2.24) is 39.7 Å². The molecule has 4 aromatic heterocycles. The molecule has 0 atom stereocenters. The first kappa shape index (κ1) is 21.0. The van der Waals surface area contributed by atoms with E-state index in [-0.39, 0.29) is 23.2 Å². The van der Waals surface area contributed by atoms with Crippen molar-refractivity contribution in [1.29, 1.82) is 0 Å². The van der Waals surface area contributed by atoms with Crippen LogP contribution in [0.25, 0.3) is 28.4 Å². The third-order valence-electron chi connectivity index (χ3n) is 4.71. The van der Waals surface area contributed by atoms with Gasteiger partial charge in [-0.1, -0.05) is 11.8 Å². The normalized spacial score (nSPS) is 11.0. The third-order valence-corrected chi connectivity index (χ3v) is 4.71. The Bertz CT molecular complexity index is 1370. The number of H-pyrrole nitrogens is 1. The molecule has 32 heavy (non-hydrogen) atoms. The van der Waals surface area contributed by atoms with Crippen LogP contribution >= 0.6 is 0 Å². The molecule has 0 unspecified atom stereocenters. The molecule has 12 nitrogen and oxygen atoms in total.